The number of anilines is 1. The van der Waals surface area contributed by atoms with Crippen molar-refractivity contribution in [2.24, 2.45) is 0 Å². The highest BCUT2D eigenvalue weighted by atomic mass is 16.5. The van der Waals surface area contributed by atoms with Crippen LogP contribution in [0, 0.1) is 6.92 Å². The number of nitrogens with zero attached hydrogens (tertiary/aromatic N) is 4. The first-order valence-electron chi connectivity index (χ1n) is 7.50. The molecule has 1 amide bonds. The van der Waals surface area contributed by atoms with Crippen LogP contribution in [0.5, 0.6) is 0 Å². The number of hydrogen-bond donors (Lipinski definition) is 0. The quantitative estimate of drug-likeness (QED) is 0.736. The third-order valence-corrected chi connectivity index (χ3v) is 3.73. The number of carbonyl (C=O) groups is 1. The molecule has 0 atom stereocenters. The maximum atomic E-state index is 12.2. The van der Waals surface area contributed by atoms with Gasteiger partial charge in [-0.25, -0.2) is 0 Å². The van der Waals surface area contributed by atoms with Crippen molar-refractivity contribution in [2.75, 3.05) is 4.90 Å². The molecule has 0 saturated carbocycles. The van der Waals surface area contributed by atoms with E-state index in [2.05, 4.69) is 30.7 Å². The average molecular weight is 302 g/mol. The molecule has 2 aromatic heterocycles. The lowest BCUT2D eigenvalue weighted by Gasteiger charge is -2.18. The summed E-state index contributed by atoms with van der Waals surface area (Å²) in [6, 6.07) is 3.98. The Kier molecular flexibility index (Phi) is 5.14. The molecule has 0 radical (unpaired) electrons. The van der Waals surface area contributed by atoms with E-state index in [0.717, 1.165) is 18.5 Å². The van der Waals surface area contributed by atoms with E-state index in [4.69, 9.17) is 4.52 Å². The van der Waals surface area contributed by atoms with Gasteiger partial charge in [0.1, 0.15) is 12.0 Å². The average Bonchev–Trinajstić information content (AvgIpc) is 3.16. The molecule has 0 N–H and O–H groups in total. The molecule has 2 aromatic rings. The van der Waals surface area contributed by atoms with Gasteiger partial charge in [-0.3, -0.25) is 14.4 Å². The minimum atomic E-state index is -0.211. The van der Waals surface area contributed by atoms with E-state index in [1.54, 1.807) is 11.0 Å². The fraction of sp³-hybridized carbons (Fsp3) is 0.438. The zero-order valence-corrected chi connectivity index (χ0v) is 13.3. The first-order chi connectivity index (χ1) is 10.6. The summed E-state index contributed by atoms with van der Waals surface area (Å²) in [5, 5.41) is 8.47. The number of aryl methyl sites for hydroxylation is 1. The third kappa shape index (κ3) is 3.27. The summed E-state index contributed by atoms with van der Waals surface area (Å²) in [5.41, 5.74) is 1.70. The summed E-state index contributed by atoms with van der Waals surface area (Å²) >= 11 is 0. The van der Waals surface area contributed by atoms with E-state index in [-0.39, 0.29) is 5.91 Å². The van der Waals surface area contributed by atoms with Crippen LogP contribution in [-0.2, 0) is 11.3 Å². The molecule has 0 aliphatic heterocycles. The first-order valence-corrected chi connectivity index (χ1v) is 7.50. The Labute approximate surface area is 130 Å². The molecule has 0 spiro atoms. The molecule has 2 rings (SSSR count). The van der Waals surface area contributed by atoms with Gasteiger partial charge in [-0.05, 0) is 25.8 Å². The van der Waals surface area contributed by atoms with Crippen molar-refractivity contribution < 1.29 is 9.32 Å². The topological polar surface area (TPSA) is 64.2 Å². The smallest absolute Gasteiger partial charge is 0.251 e. The third-order valence-electron chi connectivity index (χ3n) is 3.73. The number of carbonyl (C=O) groups excluding carboxylic acids is 1. The van der Waals surface area contributed by atoms with E-state index in [9.17, 15) is 4.79 Å². The molecule has 0 unspecified atom stereocenters. The number of rotatable bonds is 7. The largest absolute Gasteiger partial charge is 0.364 e. The van der Waals surface area contributed by atoms with Gasteiger partial charge in [0.05, 0.1) is 12.6 Å². The molecule has 6 heteroatoms. The highest BCUT2D eigenvalue weighted by molar-refractivity contribution is 6.00. The van der Waals surface area contributed by atoms with Gasteiger partial charge in [0, 0.05) is 17.8 Å². The maximum Gasteiger partial charge on any atom is 0.251 e. The number of amides is 1. The molecule has 0 aliphatic rings. The second-order valence-electron chi connectivity index (χ2n) is 5.18. The normalized spacial score (nSPS) is 10.9. The van der Waals surface area contributed by atoms with E-state index >= 15 is 0 Å². The van der Waals surface area contributed by atoms with Crippen LogP contribution in [0.4, 0.5) is 5.82 Å². The number of hydrogen-bond acceptors (Lipinski definition) is 4. The van der Waals surface area contributed by atoms with E-state index < -0.39 is 0 Å². The number of aromatic nitrogens is 3. The highest BCUT2D eigenvalue weighted by Crippen LogP contribution is 2.23. The molecular weight excluding hydrogens is 280 g/mol. The lowest BCUT2D eigenvalue weighted by Crippen LogP contribution is -2.29. The van der Waals surface area contributed by atoms with E-state index in [1.807, 2.05) is 17.7 Å². The van der Waals surface area contributed by atoms with Crippen molar-refractivity contribution in [1.29, 1.82) is 0 Å². The van der Waals surface area contributed by atoms with Gasteiger partial charge in [-0.2, -0.15) is 5.10 Å². The molecular formula is C16H22N4O2. The van der Waals surface area contributed by atoms with Gasteiger partial charge in [0.2, 0.25) is 0 Å². The monoisotopic (exact) mass is 302 g/mol. The second kappa shape index (κ2) is 7.06. The molecule has 22 heavy (non-hydrogen) atoms. The molecule has 0 aromatic carbocycles. The fourth-order valence-electron chi connectivity index (χ4n) is 2.47. The summed E-state index contributed by atoms with van der Waals surface area (Å²) in [4.78, 5) is 13.7. The molecule has 0 fully saturated rings. The van der Waals surface area contributed by atoms with Crippen molar-refractivity contribution in [3.05, 3.63) is 42.4 Å². The van der Waals surface area contributed by atoms with Crippen molar-refractivity contribution in [3.63, 3.8) is 0 Å². The van der Waals surface area contributed by atoms with Crippen LogP contribution in [0.1, 0.15) is 44.1 Å². The Morgan fingerprint density at radius 1 is 1.50 bits per heavy atom. The van der Waals surface area contributed by atoms with Gasteiger partial charge >= 0.3 is 0 Å². The second-order valence-corrected chi connectivity index (χ2v) is 5.18. The Bertz CT molecular complexity index is 627. The molecule has 2 heterocycles. The summed E-state index contributed by atoms with van der Waals surface area (Å²) in [6.07, 6.45) is 4.76. The summed E-state index contributed by atoms with van der Waals surface area (Å²) in [5.74, 6) is 0.398. The lowest BCUT2D eigenvalue weighted by atomic mass is 10.2. The van der Waals surface area contributed by atoms with Gasteiger partial charge in [0.15, 0.2) is 5.82 Å². The van der Waals surface area contributed by atoms with Crippen LogP contribution in [0.15, 0.2) is 35.6 Å². The molecule has 6 nitrogen and oxygen atoms in total. The highest BCUT2D eigenvalue weighted by Gasteiger charge is 2.20. The minimum absolute atomic E-state index is 0.211. The van der Waals surface area contributed by atoms with Crippen LogP contribution in [-0.4, -0.2) is 20.8 Å². The van der Waals surface area contributed by atoms with Crippen molar-refractivity contribution in [2.45, 2.75) is 46.2 Å². The first kappa shape index (κ1) is 16.0. The minimum Gasteiger partial charge on any atom is -0.364 e. The summed E-state index contributed by atoms with van der Waals surface area (Å²) in [7, 11) is 0. The fourth-order valence-corrected chi connectivity index (χ4v) is 2.47. The van der Waals surface area contributed by atoms with Gasteiger partial charge in [0.25, 0.3) is 5.91 Å². The van der Waals surface area contributed by atoms with Crippen molar-refractivity contribution >= 4 is 11.7 Å². The maximum absolute atomic E-state index is 12.2. The van der Waals surface area contributed by atoms with Gasteiger partial charge < -0.3 is 4.52 Å². The van der Waals surface area contributed by atoms with Crippen molar-refractivity contribution in [3.8, 4) is 0 Å². The van der Waals surface area contributed by atoms with Crippen LogP contribution >= 0.6 is 0 Å². The van der Waals surface area contributed by atoms with Crippen LogP contribution in [0.3, 0.4) is 0 Å². The molecule has 0 saturated heterocycles. The standard InChI is InChI=1S/C16H22N4O2/c1-5-14(6-2)20-12(4)10-15(17-20)19(16(21)7-3)11-13-8-9-22-18-13/h7-10,14H,3,5-6,11H2,1-2,4H3. The zero-order chi connectivity index (χ0) is 16.1. The van der Waals surface area contributed by atoms with E-state index in [1.165, 1.54) is 12.3 Å². The van der Waals surface area contributed by atoms with E-state index in [0.29, 0.717) is 24.1 Å². The Hall–Kier alpha value is -2.37. The SMILES string of the molecule is C=CC(=O)N(Cc1ccon1)c1cc(C)n(C(CC)CC)n1. The predicted molar refractivity (Wildman–Crippen MR) is 84.5 cm³/mol. The van der Waals surface area contributed by atoms with Crippen LogP contribution in [0.2, 0.25) is 0 Å². The Morgan fingerprint density at radius 3 is 2.77 bits per heavy atom. The Balaban J connectivity index is 2.33. The summed E-state index contributed by atoms with van der Waals surface area (Å²) in [6.45, 7) is 10.1. The summed E-state index contributed by atoms with van der Waals surface area (Å²) < 4.78 is 6.81. The van der Waals surface area contributed by atoms with Crippen LogP contribution < -0.4 is 4.90 Å². The lowest BCUT2D eigenvalue weighted by molar-refractivity contribution is -0.114. The Morgan fingerprint density at radius 2 is 2.23 bits per heavy atom. The molecule has 118 valence electrons. The van der Waals surface area contributed by atoms with Gasteiger partial charge in [-0.1, -0.05) is 25.6 Å². The zero-order valence-electron chi connectivity index (χ0n) is 13.3. The van der Waals surface area contributed by atoms with Gasteiger partial charge in [-0.15, -0.1) is 0 Å². The van der Waals surface area contributed by atoms with Crippen LogP contribution in [0.25, 0.3) is 0 Å². The molecule has 0 bridgehead atoms. The predicted octanol–water partition coefficient (Wildman–Crippen LogP) is 3.26. The van der Waals surface area contributed by atoms with Crippen molar-refractivity contribution in [1.82, 2.24) is 14.9 Å². The molecule has 0 aliphatic carbocycles.